The maximum absolute atomic E-state index is 10.0. The van der Waals surface area contributed by atoms with Crippen molar-refractivity contribution in [3.05, 3.63) is 0 Å². The van der Waals surface area contributed by atoms with Gasteiger partial charge in [0.25, 0.3) is 0 Å². The Labute approximate surface area is 130 Å². The molecule has 0 saturated carbocycles. The van der Waals surface area contributed by atoms with E-state index in [4.69, 9.17) is 26.2 Å². The molecule has 6 N–H and O–H groups in total. The van der Waals surface area contributed by atoms with Gasteiger partial charge in [-0.25, -0.2) is 0 Å². The van der Waals surface area contributed by atoms with Crippen molar-refractivity contribution in [2.75, 3.05) is 6.61 Å². The van der Waals surface area contributed by atoms with E-state index in [0.717, 1.165) is 0 Å². The van der Waals surface area contributed by atoms with E-state index in [9.17, 15) is 4.79 Å². The van der Waals surface area contributed by atoms with Crippen LogP contribution >= 0.6 is 12.4 Å². The molecule has 0 aromatic carbocycles. The summed E-state index contributed by atoms with van der Waals surface area (Å²) < 4.78 is 0. The van der Waals surface area contributed by atoms with Crippen LogP contribution in [0.5, 0.6) is 0 Å². The number of hydrogen-bond acceptors (Lipinski definition) is 6. The van der Waals surface area contributed by atoms with Gasteiger partial charge in [-0.1, -0.05) is 0 Å². The van der Waals surface area contributed by atoms with E-state index in [1.165, 1.54) is 0 Å². The van der Waals surface area contributed by atoms with Crippen LogP contribution in [-0.4, -0.2) is 109 Å². The van der Waals surface area contributed by atoms with E-state index in [1.54, 1.807) is 0 Å². The second-order valence-corrected chi connectivity index (χ2v) is 2.44. The van der Waals surface area contributed by atoms with Crippen molar-refractivity contribution >= 4 is 70.1 Å². The summed E-state index contributed by atoms with van der Waals surface area (Å²) in [6, 6.07) is -1.26. The second kappa shape index (κ2) is 10.9. The summed E-state index contributed by atoms with van der Waals surface area (Å²) in [6.07, 6.45) is -4.43. The van der Waals surface area contributed by atoms with Crippen molar-refractivity contribution in [2.45, 2.75) is 24.4 Å². The zero-order valence-electron chi connectivity index (χ0n) is 6.78. The minimum absolute atomic E-state index is 0. The number of aliphatic hydroxyl groups excluding tert-OH is 4. The van der Waals surface area contributed by atoms with Crippen molar-refractivity contribution in [1.82, 2.24) is 0 Å². The summed E-state index contributed by atoms with van der Waals surface area (Å²) in [4.78, 5) is 10.0. The van der Waals surface area contributed by atoms with Crippen LogP contribution in [0.15, 0.2) is 0 Å². The molecular formula is C6H15ClKNO5. The molecule has 0 spiro atoms. The molecule has 0 amide bonds. The summed E-state index contributed by atoms with van der Waals surface area (Å²) in [6.45, 7) is -0.705. The number of hydrogen-bond donors (Lipinski definition) is 5. The number of rotatable bonds is 5. The summed E-state index contributed by atoms with van der Waals surface area (Å²) >= 11 is 0. The molecule has 6 nitrogen and oxygen atoms in total. The number of nitrogens with two attached hydrogens (primary N) is 1. The van der Waals surface area contributed by atoms with Gasteiger partial charge in [0.05, 0.1) is 12.6 Å². The van der Waals surface area contributed by atoms with Gasteiger partial charge in [0.2, 0.25) is 0 Å². The minimum atomic E-state index is -1.62. The quantitative estimate of drug-likeness (QED) is 0.255. The molecule has 0 unspecified atom stereocenters. The number of carbonyl (C=O) groups excluding carboxylic acids is 1. The molecule has 0 rings (SSSR count). The first-order chi connectivity index (χ1) is 5.54. The first kappa shape index (κ1) is 20.8. The topological polar surface area (TPSA) is 124 Å². The fraction of sp³-hybridized carbons (Fsp3) is 0.833. The zero-order chi connectivity index (χ0) is 9.72. The molecule has 0 aliphatic rings. The average Bonchev–Trinajstić information content (AvgIpc) is 2.12. The maximum atomic E-state index is 10.0. The van der Waals surface area contributed by atoms with Crippen LogP contribution in [0.2, 0.25) is 0 Å². The third-order valence-corrected chi connectivity index (χ3v) is 1.48. The van der Waals surface area contributed by atoms with Crippen LogP contribution in [0.25, 0.3) is 0 Å². The predicted octanol–water partition coefficient (Wildman–Crippen LogP) is -3.64. The van der Waals surface area contributed by atoms with Gasteiger partial charge in [0.1, 0.15) is 24.6 Å². The molecule has 0 heterocycles. The molecule has 0 saturated heterocycles. The van der Waals surface area contributed by atoms with Gasteiger partial charge < -0.3 is 31.0 Å². The van der Waals surface area contributed by atoms with Crippen molar-refractivity contribution in [1.29, 1.82) is 0 Å². The van der Waals surface area contributed by atoms with E-state index in [2.05, 4.69) is 0 Å². The Morgan fingerprint density at radius 1 is 1.21 bits per heavy atom. The van der Waals surface area contributed by atoms with Crippen LogP contribution in [0.4, 0.5) is 0 Å². The monoisotopic (exact) mass is 255 g/mol. The summed E-state index contributed by atoms with van der Waals surface area (Å²) in [5.41, 5.74) is 5.04. The standard InChI is InChI=1S/C6H13NO5.ClH.K.H/c7-3(1-8)5(11)6(12)4(10)2-9;;;/h1,3-6,9-12H,2,7H2;1H;;/t3-,4+,5+,6+;;;/m0.../s1. The molecule has 0 aromatic heterocycles. The van der Waals surface area contributed by atoms with E-state index in [0.29, 0.717) is 0 Å². The number of halogens is 1. The fourth-order valence-corrected chi connectivity index (χ4v) is 0.644. The first-order valence-electron chi connectivity index (χ1n) is 3.40. The number of aliphatic hydroxyl groups is 4. The zero-order valence-corrected chi connectivity index (χ0v) is 7.59. The Kier molecular flexibility index (Phi) is 16.2. The number of carbonyl (C=O) groups is 1. The Morgan fingerprint density at radius 2 is 1.64 bits per heavy atom. The first-order valence-corrected chi connectivity index (χ1v) is 3.40. The molecule has 0 aliphatic carbocycles. The van der Waals surface area contributed by atoms with E-state index < -0.39 is 31.0 Å². The molecule has 0 bridgehead atoms. The average molecular weight is 256 g/mol. The molecule has 0 aromatic rings. The fourth-order valence-electron chi connectivity index (χ4n) is 0.644. The Bertz CT molecular complexity index is 152. The summed E-state index contributed by atoms with van der Waals surface area (Å²) in [5, 5.41) is 35.2. The van der Waals surface area contributed by atoms with Gasteiger partial charge in [-0.05, 0) is 0 Å². The van der Waals surface area contributed by atoms with Crippen LogP contribution < -0.4 is 5.73 Å². The third kappa shape index (κ3) is 6.80. The SMILES string of the molecule is Cl.N[C@@H](C=O)[C@@H](O)[C@H](O)[C@H](O)CO.[KH]. The second-order valence-electron chi connectivity index (χ2n) is 2.44. The molecule has 8 heteroatoms. The molecule has 4 atom stereocenters. The summed E-state index contributed by atoms with van der Waals surface area (Å²) in [7, 11) is 0. The van der Waals surface area contributed by atoms with Gasteiger partial charge >= 0.3 is 51.4 Å². The van der Waals surface area contributed by atoms with Crippen molar-refractivity contribution in [3.8, 4) is 0 Å². The van der Waals surface area contributed by atoms with Crippen molar-refractivity contribution < 1.29 is 25.2 Å². The summed E-state index contributed by atoms with van der Waals surface area (Å²) in [5.74, 6) is 0. The van der Waals surface area contributed by atoms with E-state index in [-0.39, 0.29) is 70.1 Å². The number of aldehydes is 1. The van der Waals surface area contributed by atoms with E-state index >= 15 is 0 Å². The Hall–Kier alpha value is 1.40. The van der Waals surface area contributed by atoms with Gasteiger partial charge in [0.15, 0.2) is 0 Å². The van der Waals surface area contributed by atoms with Crippen molar-refractivity contribution in [3.63, 3.8) is 0 Å². The normalized spacial score (nSPS) is 18.1. The van der Waals surface area contributed by atoms with Crippen LogP contribution in [-0.2, 0) is 4.79 Å². The van der Waals surface area contributed by atoms with Gasteiger partial charge in [-0.2, -0.15) is 0 Å². The molecule has 0 radical (unpaired) electrons. The van der Waals surface area contributed by atoms with Gasteiger partial charge in [0, 0.05) is 0 Å². The third-order valence-electron chi connectivity index (χ3n) is 1.48. The predicted molar refractivity (Wildman–Crippen MR) is 53.5 cm³/mol. The van der Waals surface area contributed by atoms with Crippen LogP contribution in [0.1, 0.15) is 0 Å². The van der Waals surface area contributed by atoms with E-state index in [1.807, 2.05) is 0 Å². The van der Waals surface area contributed by atoms with Crippen molar-refractivity contribution in [2.24, 2.45) is 5.73 Å². The Balaban J connectivity index is -0.000000605. The molecule has 0 aliphatic heterocycles. The molecule has 0 fully saturated rings. The molecular weight excluding hydrogens is 241 g/mol. The molecule has 82 valence electrons. The van der Waals surface area contributed by atoms with Crippen LogP contribution in [0.3, 0.4) is 0 Å². The van der Waals surface area contributed by atoms with Gasteiger partial charge in [-0.15, -0.1) is 12.4 Å². The van der Waals surface area contributed by atoms with Crippen LogP contribution in [0, 0.1) is 0 Å². The molecule has 14 heavy (non-hydrogen) atoms. The van der Waals surface area contributed by atoms with Gasteiger partial charge in [-0.3, -0.25) is 0 Å². The Morgan fingerprint density at radius 3 is 1.93 bits per heavy atom.